The fraction of sp³-hybridized carbons (Fsp3) is 0.455. The Bertz CT molecular complexity index is 1020. The van der Waals surface area contributed by atoms with Gasteiger partial charge < -0.3 is 11.1 Å². The van der Waals surface area contributed by atoms with E-state index in [2.05, 4.69) is 15.5 Å². The maximum atomic E-state index is 12.6. The minimum absolute atomic E-state index is 0.0102. The van der Waals surface area contributed by atoms with Crippen LogP contribution in [-0.2, 0) is 19.4 Å². The van der Waals surface area contributed by atoms with Crippen molar-refractivity contribution in [2.24, 2.45) is 11.7 Å². The summed E-state index contributed by atoms with van der Waals surface area (Å²) in [7, 11) is -4.05. The predicted molar refractivity (Wildman–Crippen MR) is 120 cm³/mol. The van der Waals surface area contributed by atoms with E-state index in [1.165, 1.54) is 12.1 Å². The molecule has 1 saturated heterocycles. The first-order valence-corrected chi connectivity index (χ1v) is 12.1. The molecule has 0 atom stereocenters. The van der Waals surface area contributed by atoms with Crippen molar-refractivity contribution in [3.63, 3.8) is 0 Å². The summed E-state index contributed by atoms with van der Waals surface area (Å²) in [5.41, 5.74) is 5.43. The molecule has 1 aliphatic rings. The fourth-order valence-electron chi connectivity index (χ4n) is 3.69. The second-order valence-corrected chi connectivity index (χ2v) is 9.73. The number of carbonyl (C=O) groups is 2. The number of carbonyl (C=O) groups excluding carboxylic acids is 2. The van der Waals surface area contributed by atoms with Crippen LogP contribution in [0.3, 0.4) is 0 Å². The summed E-state index contributed by atoms with van der Waals surface area (Å²) in [5, 5.41) is 6.69. The van der Waals surface area contributed by atoms with Crippen LogP contribution in [0.4, 0.5) is 0 Å². The molecule has 2 aromatic carbocycles. The first-order valence-electron chi connectivity index (χ1n) is 10.6. The van der Waals surface area contributed by atoms with Gasteiger partial charge in [0.25, 0.3) is 5.12 Å². The van der Waals surface area contributed by atoms with Crippen LogP contribution in [0.15, 0.2) is 47.4 Å². The first-order chi connectivity index (χ1) is 14.9. The topological polar surface area (TPSA) is 122 Å². The third kappa shape index (κ3) is 6.10. The molecule has 0 radical (unpaired) electrons. The van der Waals surface area contributed by atoms with E-state index in [1.807, 2.05) is 24.3 Å². The zero-order valence-electron chi connectivity index (χ0n) is 17.5. The number of benzene rings is 2. The average Bonchev–Trinajstić information content (AvgIpc) is 2.79. The second kappa shape index (κ2) is 10.8. The van der Waals surface area contributed by atoms with E-state index >= 15 is 0 Å². The highest BCUT2D eigenvalue weighted by atomic mass is 32.2. The average molecular weight is 447 g/mol. The molecule has 168 valence electrons. The molecule has 3 rings (SSSR count). The number of amides is 1. The van der Waals surface area contributed by atoms with Crippen molar-refractivity contribution >= 4 is 31.6 Å². The summed E-state index contributed by atoms with van der Waals surface area (Å²) in [5.74, 6) is 0.0571. The van der Waals surface area contributed by atoms with Gasteiger partial charge in [-0.15, -0.1) is 0 Å². The molecule has 2 aromatic rings. The molecule has 9 heteroatoms. The summed E-state index contributed by atoms with van der Waals surface area (Å²) >= 11 is 0. The van der Waals surface area contributed by atoms with Crippen molar-refractivity contribution in [3.05, 3.63) is 42.5 Å². The molecule has 0 aromatic heterocycles. The van der Waals surface area contributed by atoms with Gasteiger partial charge in [-0.2, -0.15) is 0 Å². The van der Waals surface area contributed by atoms with Crippen LogP contribution < -0.4 is 16.4 Å². The largest absolute Gasteiger partial charge is 0.356 e. The molecule has 0 spiro atoms. The van der Waals surface area contributed by atoms with Crippen LogP contribution in [-0.4, -0.2) is 63.7 Å². The van der Waals surface area contributed by atoms with Crippen LogP contribution in [0.25, 0.3) is 10.8 Å². The smallest absolute Gasteiger partial charge is 0.264 e. The van der Waals surface area contributed by atoms with E-state index in [0.717, 1.165) is 30.0 Å². The van der Waals surface area contributed by atoms with Gasteiger partial charge in [0, 0.05) is 32.2 Å². The SMILES string of the molecule is NCCCNC(=O)C1CCN(CNCC(=O)S(=O)(=O)c2ccc3ccccc3c2)CC1. The number of rotatable bonds is 9. The number of piperidine rings is 1. The van der Waals surface area contributed by atoms with Gasteiger partial charge in [-0.25, -0.2) is 8.42 Å². The maximum Gasteiger partial charge on any atom is 0.264 e. The summed E-state index contributed by atoms with van der Waals surface area (Å²) in [6, 6.07) is 12.1. The van der Waals surface area contributed by atoms with Crippen molar-refractivity contribution in [2.75, 3.05) is 39.4 Å². The van der Waals surface area contributed by atoms with Gasteiger partial charge >= 0.3 is 0 Å². The number of hydrogen-bond acceptors (Lipinski definition) is 7. The van der Waals surface area contributed by atoms with E-state index < -0.39 is 15.0 Å². The van der Waals surface area contributed by atoms with E-state index in [-0.39, 0.29) is 23.3 Å². The molecule has 0 aliphatic carbocycles. The normalized spacial score (nSPS) is 15.8. The van der Waals surface area contributed by atoms with Crippen LogP contribution in [0.1, 0.15) is 19.3 Å². The molecule has 1 fully saturated rings. The molecule has 31 heavy (non-hydrogen) atoms. The molecular formula is C22H30N4O4S. The lowest BCUT2D eigenvalue weighted by Gasteiger charge is -2.31. The third-order valence-corrected chi connectivity index (χ3v) is 7.19. The highest BCUT2D eigenvalue weighted by Crippen LogP contribution is 2.20. The van der Waals surface area contributed by atoms with Gasteiger partial charge in [-0.05, 0) is 48.7 Å². The zero-order valence-corrected chi connectivity index (χ0v) is 18.4. The number of sulfone groups is 1. The summed E-state index contributed by atoms with van der Waals surface area (Å²) in [6.45, 7) is 2.74. The molecule has 1 amide bonds. The van der Waals surface area contributed by atoms with Crippen LogP contribution in [0, 0.1) is 5.92 Å². The van der Waals surface area contributed by atoms with Crippen molar-refractivity contribution in [3.8, 4) is 0 Å². The Morgan fingerprint density at radius 2 is 1.77 bits per heavy atom. The minimum atomic E-state index is -4.05. The Labute approximate surface area is 183 Å². The quantitative estimate of drug-likeness (QED) is 0.489. The zero-order chi connectivity index (χ0) is 22.3. The van der Waals surface area contributed by atoms with Crippen molar-refractivity contribution < 1.29 is 18.0 Å². The lowest BCUT2D eigenvalue weighted by Crippen LogP contribution is -2.45. The lowest BCUT2D eigenvalue weighted by atomic mass is 9.96. The Morgan fingerprint density at radius 1 is 1.06 bits per heavy atom. The van der Waals surface area contributed by atoms with Crippen molar-refractivity contribution in [2.45, 2.75) is 24.2 Å². The van der Waals surface area contributed by atoms with E-state index in [1.54, 1.807) is 6.07 Å². The minimum Gasteiger partial charge on any atom is -0.356 e. The Balaban J connectivity index is 1.45. The fourth-order valence-corrected chi connectivity index (χ4v) is 4.77. The summed E-state index contributed by atoms with van der Waals surface area (Å²) < 4.78 is 25.3. The number of nitrogens with one attached hydrogen (secondary N) is 2. The predicted octanol–water partition coefficient (Wildman–Crippen LogP) is 0.864. The van der Waals surface area contributed by atoms with Gasteiger partial charge in [0.15, 0.2) is 0 Å². The molecule has 1 heterocycles. The molecule has 0 unspecified atom stereocenters. The Morgan fingerprint density at radius 3 is 2.48 bits per heavy atom. The lowest BCUT2D eigenvalue weighted by molar-refractivity contribution is -0.126. The van der Waals surface area contributed by atoms with Gasteiger partial charge in [-0.3, -0.25) is 19.8 Å². The second-order valence-electron chi connectivity index (χ2n) is 7.79. The third-order valence-electron chi connectivity index (χ3n) is 5.57. The van der Waals surface area contributed by atoms with E-state index in [4.69, 9.17) is 5.73 Å². The molecule has 0 bridgehead atoms. The number of nitrogens with zero attached hydrogens (tertiary/aromatic N) is 1. The van der Waals surface area contributed by atoms with E-state index in [0.29, 0.717) is 32.8 Å². The van der Waals surface area contributed by atoms with Crippen molar-refractivity contribution in [1.29, 1.82) is 0 Å². The highest BCUT2D eigenvalue weighted by Gasteiger charge is 2.26. The Hall–Kier alpha value is -2.33. The maximum absolute atomic E-state index is 12.6. The van der Waals surface area contributed by atoms with Gasteiger partial charge in [0.2, 0.25) is 15.7 Å². The summed E-state index contributed by atoms with van der Waals surface area (Å²) in [4.78, 5) is 26.6. The van der Waals surface area contributed by atoms with Gasteiger partial charge in [-0.1, -0.05) is 30.3 Å². The number of nitrogens with two attached hydrogens (primary N) is 1. The first kappa shape index (κ1) is 23.3. The number of fused-ring (bicyclic) bond motifs is 1. The molecule has 1 aliphatic heterocycles. The molecular weight excluding hydrogens is 416 g/mol. The van der Waals surface area contributed by atoms with Crippen LogP contribution in [0.5, 0.6) is 0 Å². The molecule has 0 saturated carbocycles. The number of likely N-dealkylation sites (tertiary alicyclic amines) is 1. The van der Waals surface area contributed by atoms with E-state index in [9.17, 15) is 18.0 Å². The van der Waals surface area contributed by atoms with Crippen LogP contribution >= 0.6 is 0 Å². The molecule has 4 N–H and O–H groups in total. The number of hydrogen-bond donors (Lipinski definition) is 3. The highest BCUT2D eigenvalue weighted by molar-refractivity contribution is 8.06. The summed E-state index contributed by atoms with van der Waals surface area (Å²) in [6.07, 6.45) is 2.24. The molecule has 8 nitrogen and oxygen atoms in total. The van der Waals surface area contributed by atoms with Crippen molar-refractivity contribution in [1.82, 2.24) is 15.5 Å². The van der Waals surface area contributed by atoms with Gasteiger partial charge in [0.1, 0.15) is 0 Å². The standard InChI is InChI=1S/C22H30N4O4S/c23-10-3-11-25-22(28)18-8-12-26(13-9-18)16-24-15-21(27)31(29,30)20-7-6-17-4-1-2-5-19(17)14-20/h1-2,4-7,14,18,24H,3,8-13,15-16,23H2,(H,25,28). The Kier molecular flexibility index (Phi) is 8.14. The van der Waals surface area contributed by atoms with Crippen LogP contribution in [0.2, 0.25) is 0 Å². The monoisotopic (exact) mass is 446 g/mol. The van der Waals surface area contributed by atoms with Gasteiger partial charge in [0.05, 0.1) is 11.4 Å².